The highest BCUT2D eigenvalue weighted by molar-refractivity contribution is 5.60. The third-order valence-electron chi connectivity index (χ3n) is 4.24. The smallest absolute Gasteiger partial charge is 0.114 e. The normalized spacial score (nSPS) is 25.2. The molecule has 1 saturated carbocycles. The first-order valence-corrected chi connectivity index (χ1v) is 6.35. The van der Waals surface area contributed by atoms with Gasteiger partial charge < -0.3 is 0 Å². The Morgan fingerprint density at radius 3 is 3.00 bits per heavy atom. The summed E-state index contributed by atoms with van der Waals surface area (Å²) in [5, 5.41) is 4.80. The molecule has 0 spiro atoms. The maximum atomic E-state index is 4.80. The van der Waals surface area contributed by atoms with Crippen molar-refractivity contribution in [3.63, 3.8) is 0 Å². The maximum absolute atomic E-state index is 4.80. The quantitative estimate of drug-likeness (QED) is 0.746. The second-order valence-corrected chi connectivity index (χ2v) is 5.18. The molecule has 0 amide bonds. The van der Waals surface area contributed by atoms with Gasteiger partial charge in [-0.15, -0.1) is 0 Å². The van der Waals surface area contributed by atoms with Gasteiger partial charge in [-0.1, -0.05) is 6.07 Å². The maximum Gasteiger partial charge on any atom is 0.114 e. The molecule has 0 N–H and O–H groups in total. The standard InChI is InChI=1S/C14H15N3/c1-9-13(12-4-2-3-7-15-12)16-17-11-6-5-10(8-11)14(9)17/h2-4,7,10-11H,5-6,8H2,1H3. The van der Waals surface area contributed by atoms with Crippen molar-refractivity contribution in [2.24, 2.45) is 0 Å². The van der Waals surface area contributed by atoms with E-state index < -0.39 is 0 Å². The van der Waals surface area contributed by atoms with E-state index in [4.69, 9.17) is 5.10 Å². The molecule has 1 aliphatic heterocycles. The molecule has 1 aliphatic carbocycles. The predicted octanol–water partition coefficient (Wildman–Crippen LogP) is 3.08. The van der Waals surface area contributed by atoms with E-state index in [9.17, 15) is 0 Å². The molecule has 86 valence electrons. The van der Waals surface area contributed by atoms with E-state index in [2.05, 4.69) is 16.6 Å². The molecule has 0 radical (unpaired) electrons. The molecule has 0 saturated heterocycles. The molecule has 17 heavy (non-hydrogen) atoms. The van der Waals surface area contributed by atoms with E-state index in [1.54, 1.807) is 0 Å². The minimum Gasteiger partial charge on any atom is -0.265 e. The Hall–Kier alpha value is -1.64. The van der Waals surface area contributed by atoms with Gasteiger partial charge in [0.2, 0.25) is 0 Å². The summed E-state index contributed by atoms with van der Waals surface area (Å²) in [4.78, 5) is 4.42. The van der Waals surface area contributed by atoms with Gasteiger partial charge in [0, 0.05) is 23.4 Å². The summed E-state index contributed by atoms with van der Waals surface area (Å²) in [6, 6.07) is 6.69. The summed E-state index contributed by atoms with van der Waals surface area (Å²) in [6.07, 6.45) is 5.80. The minimum absolute atomic E-state index is 0.658. The SMILES string of the molecule is Cc1c(-c2ccccn2)nn2c1C1CCC2C1. The summed E-state index contributed by atoms with van der Waals surface area (Å²) in [6.45, 7) is 2.20. The Labute approximate surface area is 100 Å². The molecule has 2 aromatic rings. The average molecular weight is 225 g/mol. The largest absolute Gasteiger partial charge is 0.265 e. The van der Waals surface area contributed by atoms with E-state index in [1.807, 2.05) is 24.4 Å². The Balaban J connectivity index is 1.90. The van der Waals surface area contributed by atoms with E-state index >= 15 is 0 Å². The number of nitrogens with zero attached hydrogens (tertiary/aromatic N) is 3. The Morgan fingerprint density at radius 1 is 1.29 bits per heavy atom. The van der Waals surface area contributed by atoms with Crippen LogP contribution in [0.3, 0.4) is 0 Å². The highest BCUT2D eigenvalue weighted by Crippen LogP contribution is 2.50. The summed E-state index contributed by atoms with van der Waals surface area (Å²) >= 11 is 0. The van der Waals surface area contributed by atoms with Crippen LogP contribution in [0.25, 0.3) is 11.4 Å². The Morgan fingerprint density at radius 2 is 2.24 bits per heavy atom. The topological polar surface area (TPSA) is 30.7 Å². The second kappa shape index (κ2) is 3.19. The number of hydrogen-bond donors (Lipinski definition) is 0. The predicted molar refractivity (Wildman–Crippen MR) is 65.8 cm³/mol. The average Bonchev–Trinajstić information content (AvgIpc) is 3.03. The lowest BCUT2D eigenvalue weighted by Crippen LogP contribution is -2.07. The van der Waals surface area contributed by atoms with Crippen molar-refractivity contribution in [3.8, 4) is 11.4 Å². The molecular formula is C14H15N3. The molecule has 3 nitrogen and oxygen atoms in total. The Bertz CT molecular complexity index is 571. The van der Waals surface area contributed by atoms with Crippen LogP contribution in [0.2, 0.25) is 0 Å². The number of pyridine rings is 1. The monoisotopic (exact) mass is 225 g/mol. The Kier molecular flexibility index (Phi) is 1.76. The van der Waals surface area contributed by atoms with Crippen molar-refractivity contribution in [2.75, 3.05) is 0 Å². The van der Waals surface area contributed by atoms with Crippen LogP contribution in [0, 0.1) is 6.92 Å². The van der Waals surface area contributed by atoms with Crippen LogP contribution in [-0.2, 0) is 0 Å². The molecule has 2 atom stereocenters. The summed E-state index contributed by atoms with van der Waals surface area (Å²) in [5.74, 6) is 0.755. The van der Waals surface area contributed by atoms with Gasteiger partial charge in [0.05, 0.1) is 11.7 Å². The number of fused-ring (bicyclic) bond motifs is 5. The molecule has 2 aromatic heterocycles. The molecule has 3 heteroatoms. The highest BCUT2D eigenvalue weighted by Gasteiger charge is 2.40. The van der Waals surface area contributed by atoms with Crippen molar-refractivity contribution < 1.29 is 0 Å². The van der Waals surface area contributed by atoms with E-state index in [0.29, 0.717) is 6.04 Å². The van der Waals surface area contributed by atoms with Crippen LogP contribution < -0.4 is 0 Å². The van der Waals surface area contributed by atoms with Crippen LogP contribution >= 0.6 is 0 Å². The molecule has 2 unspecified atom stereocenters. The molecule has 4 rings (SSSR count). The fraction of sp³-hybridized carbons (Fsp3) is 0.429. The zero-order chi connectivity index (χ0) is 11.4. The molecule has 2 bridgehead atoms. The fourth-order valence-electron chi connectivity index (χ4n) is 3.48. The first kappa shape index (κ1) is 9.40. The fourth-order valence-corrected chi connectivity index (χ4v) is 3.48. The lowest BCUT2D eigenvalue weighted by Gasteiger charge is -2.12. The molecule has 2 aliphatic rings. The first-order valence-electron chi connectivity index (χ1n) is 6.35. The number of aromatic nitrogens is 3. The first-order chi connectivity index (χ1) is 8.34. The van der Waals surface area contributed by atoms with Gasteiger partial charge in [-0.05, 0) is 38.3 Å². The van der Waals surface area contributed by atoms with Gasteiger partial charge in [-0.3, -0.25) is 9.67 Å². The summed E-state index contributed by atoms with van der Waals surface area (Å²) < 4.78 is 2.27. The van der Waals surface area contributed by atoms with Gasteiger partial charge in [-0.25, -0.2) is 0 Å². The molecular weight excluding hydrogens is 210 g/mol. The van der Waals surface area contributed by atoms with Gasteiger partial charge in [-0.2, -0.15) is 5.10 Å². The number of rotatable bonds is 1. The van der Waals surface area contributed by atoms with Crippen molar-refractivity contribution >= 4 is 0 Å². The van der Waals surface area contributed by atoms with Gasteiger partial charge in [0.1, 0.15) is 5.69 Å². The highest BCUT2D eigenvalue weighted by atomic mass is 15.3. The number of hydrogen-bond acceptors (Lipinski definition) is 2. The van der Waals surface area contributed by atoms with Crippen LogP contribution in [0.4, 0.5) is 0 Å². The van der Waals surface area contributed by atoms with Gasteiger partial charge >= 0.3 is 0 Å². The van der Waals surface area contributed by atoms with Crippen LogP contribution in [0.1, 0.15) is 42.5 Å². The zero-order valence-corrected chi connectivity index (χ0v) is 9.93. The van der Waals surface area contributed by atoms with Crippen molar-refractivity contribution in [2.45, 2.75) is 38.1 Å². The van der Waals surface area contributed by atoms with Crippen LogP contribution in [0.5, 0.6) is 0 Å². The van der Waals surface area contributed by atoms with Crippen LogP contribution in [-0.4, -0.2) is 14.8 Å². The lowest BCUT2D eigenvalue weighted by atomic mass is 10.00. The van der Waals surface area contributed by atoms with Crippen molar-refractivity contribution in [3.05, 3.63) is 35.7 Å². The van der Waals surface area contributed by atoms with Gasteiger partial charge in [0.15, 0.2) is 0 Å². The zero-order valence-electron chi connectivity index (χ0n) is 9.93. The lowest BCUT2D eigenvalue weighted by molar-refractivity contribution is 0.477. The minimum atomic E-state index is 0.658. The summed E-state index contributed by atoms with van der Waals surface area (Å²) in [7, 11) is 0. The third kappa shape index (κ3) is 1.17. The van der Waals surface area contributed by atoms with E-state index in [0.717, 1.165) is 17.3 Å². The molecule has 1 fully saturated rings. The third-order valence-corrected chi connectivity index (χ3v) is 4.24. The molecule has 0 aromatic carbocycles. The molecule has 3 heterocycles. The van der Waals surface area contributed by atoms with Gasteiger partial charge in [0.25, 0.3) is 0 Å². The van der Waals surface area contributed by atoms with E-state index in [1.165, 1.54) is 30.5 Å². The second-order valence-electron chi connectivity index (χ2n) is 5.18. The van der Waals surface area contributed by atoms with Crippen molar-refractivity contribution in [1.29, 1.82) is 0 Å². The van der Waals surface area contributed by atoms with E-state index in [-0.39, 0.29) is 0 Å². The van der Waals surface area contributed by atoms with Crippen LogP contribution in [0.15, 0.2) is 24.4 Å². The van der Waals surface area contributed by atoms with Crippen molar-refractivity contribution in [1.82, 2.24) is 14.8 Å². The summed E-state index contributed by atoms with van der Waals surface area (Å²) in [5.41, 5.74) is 4.90.